The van der Waals surface area contributed by atoms with Crippen molar-refractivity contribution in [3.05, 3.63) is 52.7 Å². The second-order valence-electron chi connectivity index (χ2n) is 7.54. The maximum Gasteiger partial charge on any atom is 0.134 e. The number of phenols is 1. The van der Waals surface area contributed by atoms with Gasteiger partial charge in [0.2, 0.25) is 0 Å². The van der Waals surface area contributed by atoms with Crippen molar-refractivity contribution in [2.75, 3.05) is 7.05 Å². The third-order valence-corrected chi connectivity index (χ3v) is 6.29. The molecule has 0 spiro atoms. The van der Waals surface area contributed by atoms with Crippen LogP contribution in [0, 0.1) is 17.8 Å². The Morgan fingerprint density at radius 3 is 2.18 bits per heavy atom. The standard InChI is InChI=1S/C20H23NO2S.C4H10.C3H6.C2H6/c1-6-7-15-8-16(10-18(23)9-15)17-11-19(24-12-17)20(4,21-5)13(2)14(3)22;1-3-4-2;1-3-2;1-2/h8-13,21,23H,1-5H3;3-4H2,1-2H3;3H,1H2,2H3;1-2H3. The van der Waals surface area contributed by atoms with E-state index in [1.165, 1.54) is 12.8 Å². The highest BCUT2D eigenvalue weighted by atomic mass is 32.1. The van der Waals surface area contributed by atoms with E-state index in [4.69, 9.17) is 0 Å². The first-order chi connectivity index (χ1) is 15.6. The summed E-state index contributed by atoms with van der Waals surface area (Å²) >= 11 is 1.61. The molecule has 33 heavy (non-hydrogen) atoms. The van der Waals surface area contributed by atoms with Crippen LogP contribution in [-0.2, 0) is 10.3 Å². The normalized spacial score (nSPS) is 11.9. The Bertz CT molecular complexity index is 887. The number of allylic oxidation sites excluding steroid dienone is 1. The van der Waals surface area contributed by atoms with Crippen molar-refractivity contribution in [3.8, 4) is 28.7 Å². The molecule has 2 atom stereocenters. The number of aromatic hydroxyl groups is 1. The van der Waals surface area contributed by atoms with Crippen LogP contribution < -0.4 is 5.32 Å². The van der Waals surface area contributed by atoms with Crippen LogP contribution in [0.1, 0.15) is 85.6 Å². The van der Waals surface area contributed by atoms with Crippen LogP contribution in [0.5, 0.6) is 5.75 Å². The molecule has 2 aromatic rings. The summed E-state index contributed by atoms with van der Waals surface area (Å²) in [4.78, 5) is 13.0. The molecule has 0 fully saturated rings. The molecular weight excluding hydrogens is 426 g/mol. The van der Waals surface area contributed by atoms with E-state index in [1.54, 1.807) is 43.4 Å². The second-order valence-corrected chi connectivity index (χ2v) is 8.45. The topological polar surface area (TPSA) is 49.3 Å². The number of carbonyl (C=O) groups excluding carboxylic acids is 1. The summed E-state index contributed by atoms with van der Waals surface area (Å²) in [6, 6.07) is 7.44. The number of carbonyl (C=O) groups is 1. The number of phenolic OH excluding ortho intramolecular Hbond substituents is 1. The third kappa shape index (κ3) is 10.9. The smallest absolute Gasteiger partial charge is 0.134 e. The van der Waals surface area contributed by atoms with Gasteiger partial charge < -0.3 is 10.4 Å². The van der Waals surface area contributed by atoms with Gasteiger partial charge in [0.15, 0.2) is 0 Å². The van der Waals surface area contributed by atoms with Crippen LogP contribution in [0.2, 0.25) is 0 Å². The van der Waals surface area contributed by atoms with E-state index >= 15 is 0 Å². The molecule has 0 aliphatic rings. The van der Waals surface area contributed by atoms with Crippen molar-refractivity contribution in [1.29, 1.82) is 0 Å². The molecule has 1 aromatic heterocycles. The molecule has 4 heteroatoms. The summed E-state index contributed by atoms with van der Waals surface area (Å²) in [5.41, 5.74) is 2.30. The van der Waals surface area contributed by atoms with E-state index in [2.05, 4.69) is 49.0 Å². The largest absolute Gasteiger partial charge is 0.508 e. The van der Waals surface area contributed by atoms with Crippen LogP contribution in [-0.4, -0.2) is 17.9 Å². The lowest BCUT2D eigenvalue weighted by atomic mass is 9.83. The van der Waals surface area contributed by atoms with Gasteiger partial charge in [-0.1, -0.05) is 59.5 Å². The highest BCUT2D eigenvalue weighted by Crippen LogP contribution is 2.37. The van der Waals surface area contributed by atoms with Gasteiger partial charge >= 0.3 is 0 Å². The quantitative estimate of drug-likeness (QED) is 0.330. The molecule has 0 saturated heterocycles. The fourth-order valence-electron chi connectivity index (χ4n) is 2.71. The number of Topliss-reactive ketones (excluding diaryl/α,β-unsaturated/α-hetero) is 1. The molecule has 184 valence electrons. The molecule has 1 heterocycles. The predicted octanol–water partition coefficient (Wildman–Crippen LogP) is 8.18. The van der Waals surface area contributed by atoms with Crippen molar-refractivity contribution in [3.63, 3.8) is 0 Å². The van der Waals surface area contributed by atoms with Crippen molar-refractivity contribution < 1.29 is 9.90 Å². The number of nitrogens with one attached hydrogen (secondary N) is 1. The first-order valence-corrected chi connectivity index (χ1v) is 12.6. The molecule has 2 unspecified atom stereocenters. The molecule has 0 amide bonds. The van der Waals surface area contributed by atoms with E-state index in [9.17, 15) is 9.90 Å². The van der Waals surface area contributed by atoms with Crippen molar-refractivity contribution in [2.24, 2.45) is 5.92 Å². The Labute approximate surface area is 207 Å². The summed E-state index contributed by atoms with van der Waals surface area (Å²) in [5, 5.41) is 15.3. The maximum absolute atomic E-state index is 11.9. The van der Waals surface area contributed by atoms with Crippen LogP contribution in [0.3, 0.4) is 0 Å². The van der Waals surface area contributed by atoms with Gasteiger partial charge in [-0.3, -0.25) is 4.79 Å². The van der Waals surface area contributed by atoms with Gasteiger partial charge in [0.05, 0.1) is 5.54 Å². The Morgan fingerprint density at radius 1 is 1.21 bits per heavy atom. The van der Waals surface area contributed by atoms with Gasteiger partial charge in [0, 0.05) is 16.4 Å². The minimum atomic E-state index is -0.419. The van der Waals surface area contributed by atoms with Gasteiger partial charge in [-0.2, -0.15) is 0 Å². The molecule has 0 aliphatic heterocycles. The number of hydrogen-bond donors (Lipinski definition) is 2. The maximum atomic E-state index is 11.9. The lowest BCUT2D eigenvalue weighted by molar-refractivity contribution is -0.122. The van der Waals surface area contributed by atoms with Crippen molar-refractivity contribution in [2.45, 2.75) is 80.7 Å². The van der Waals surface area contributed by atoms with Crippen LogP contribution in [0.4, 0.5) is 0 Å². The van der Waals surface area contributed by atoms with Crippen molar-refractivity contribution >= 4 is 17.1 Å². The molecule has 3 nitrogen and oxygen atoms in total. The minimum Gasteiger partial charge on any atom is -0.508 e. The van der Waals surface area contributed by atoms with E-state index in [-0.39, 0.29) is 17.5 Å². The van der Waals surface area contributed by atoms with Crippen LogP contribution in [0.25, 0.3) is 11.1 Å². The first kappa shape index (κ1) is 32.8. The zero-order valence-corrected chi connectivity index (χ0v) is 23.2. The molecule has 2 rings (SSSR count). The van der Waals surface area contributed by atoms with Crippen LogP contribution >= 0.6 is 11.3 Å². The minimum absolute atomic E-state index is 0.139. The summed E-state index contributed by atoms with van der Waals surface area (Å²) < 4.78 is 0. The molecular formula is C29H45NO2S. The van der Waals surface area contributed by atoms with Gasteiger partial charge in [0.25, 0.3) is 0 Å². The number of unbranched alkanes of at least 4 members (excludes halogenated alkanes) is 1. The SMILES string of the molecule is C=CC.CC.CC#Cc1cc(O)cc(-c2csc(C(C)(NC)C(C)C(C)=O)c2)c1.CCCC. The highest BCUT2D eigenvalue weighted by molar-refractivity contribution is 7.10. The highest BCUT2D eigenvalue weighted by Gasteiger charge is 2.35. The summed E-state index contributed by atoms with van der Waals surface area (Å²) in [7, 11) is 1.88. The lowest BCUT2D eigenvalue weighted by Gasteiger charge is -2.33. The number of thiophene rings is 1. The Kier molecular flexibility index (Phi) is 18.0. The summed E-state index contributed by atoms with van der Waals surface area (Å²) in [5.74, 6) is 6.04. The molecule has 1 aromatic carbocycles. The van der Waals surface area contributed by atoms with Crippen molar-refractivity contribution in [1.82, 2.24) is 5.32 Å². The van der Waals surface area contributed by atoms with E-state index in [1.807, 2.05) is 47.7 Å². The average molecular weight is 472 g/mol. The zero-order valence-electron chi connectivity index (χ0n) is 22.4. The van der Waals surface area contributed by atoms with Gasteiger partial charge in [-0.25, -0.2) is 0 Å². The Morgan fingerprint density at radius 2 is 1.76 bits per heavy atom. The first-order valence-electron chi connectivity index (χ1n) is 11.8. The molecule has 0 bridgehead atoms. The lowest BCUT2D eigenvalue weighted by Crippen LogP contribution is -2.44. The van der Waals surface area contributed by atoms with E-state index < -0.39 is 5.54 Å². The predicted molar refractivity (Wildman–Crippen MR) is 148 cm³/mol. The van der Waals surface area contributed by atoms with Gasteiger partial charge in [0.1, 0.15) is 11.5 Å². The summed E-state index contributed by atoms with van der Waals surface area (Å²) in [6.07, 6.45) is 4.39. The Hall–Kier alpha value is -2.35. The number of ketones is 1. The van der Waals surface area contributed by atoms with E-state index in [0.29, 0.717) is 0 Å². The van der Waals surface area contributed by atoms with Gasteiger partial charge in [-0.05, 0) is 75.5 Å². The summed E-state index contributed by atoms with van der Waals surface area (Å²) in [6.45, 7) is 21.0. The third-order valence-electron chi connectivity index (χ3n) is 5.13. The second kappa shape index (κ2) is 18.1. The fraction of sp³-hybridized carbons (Fsp3) is 0.483. The molecule has 2 N–H and O–H groups in total. The number of benzene rings is 1. The Balaban J connectivity index is 0. The molecule has 0 aliphatic carbocycles. The molecule has 0 radical (unpaired) electrons. The van der Waals surface area contributed by atoms with Gasteiger partial charge in [-0.15, -0.1) is 23.8 Å². The van der Waals surface area contributed by atoms with E-state index in [0.717, 1.165) is 21.6 Å². The zero-order chi connectivity index (χ0) is 26.0. The fourth-order valence-corrected chi connectivity index (χ4v) is 3.89. The number of rotatable bonds is 6. The molecule has 0 saturated carbocycles. The monoisotopic (exact) mass is 471 g/mol. The average Bonchev–Trinajstić information content (AvgIpc) is 3.31. The van der Waals surface area contributed by atoms with Crippen LogP contribution in [0.15, 0.2) is 42.3 Å². The number of hydrogen-bond acceptors (Lipinski definition) is 4.